The Bertz CT molecular complexity index is 756. The number of carbonyl (C=O) groups is 1. The number of pyridine rings is 1. The van der Waals surface area contributed by atoms with Crippen LogP contribution >= 0.6 is 23.1 Å². The Morgan fingerprint density at radius 3 is 3.10 bits per heavy atom. The Morgan fingerprint density at radius 2 is 2.33 bits per heavy atom. The molecule has 0 aliphatic rings. The van der Waals surface area contributed by atoms with Gasteiger partial charge in [0.05, 0.1) is 5.75 Å². The van der Waals surface area contributed by atoms with Crippen LogP contribution in [0.15, 0.2) is 44.6 Å². The van der Waals surface area contributed by atoms with Crippen molar-refractivity contribution in [2.75, 3.05) is 0 Å². The van der Waals surface area contributed by atoms with E-state index in [-0.39, 0.29) is 5.69 Å². The summed E-state index contributed by atoms with van der Waals surface area (Å²) in [6.45, 7) is 0. The quantitative estimate of drug-likeness (QED) is 0.722. The topological polar surface area (TPSA) is 89.1 Å². The highest BCUT2D eigenvalue weighted by molar-refractivity contribution is 7.98. The van der Waals surface area contributed by atoms with E-state index in [4.69, 9.17) is 9.63 Å². The Kier molecular flexibility index (Phi) is 3.98. The van der Waals surface area contributed by atoms with E-state index in [9.17, 15) is 4.79 Å². The van der Waals surface area contributed by atoms with Crippen LogP contribution in [0, 0.1) is 0 Å². The van der Waals surface area contributed by atoms with Crippen LogP contribution in [0.2, 0.25) is 0 Å². The van der Waals surface area contributed by atoms with Crippen LogP contribution in [0.1, 0.15) is 16.4 Å². The molecule has 0 aliphatic heterocycles. The molecule has 106 valence electrons. The van der Waals surface area contributed by atoms with Gasteiger partial charge in [0.1, 0.15) is 5.69 Å². The van der Waals surface area contributed by atoms with Crippen molar-refractivity contribution in [3.63, 3.8) is 0 Å². The zero-order valence-electron chi connectivity index (χ0n) is 10.6. The number of thiophene rings is 1. The highest BCUT2D eigenvalue weighted by Crippen LogP contribution is 2.24. The third-order valence-corrected chi connectivity index (χ3v) is 4.22. The first-order valence-corrected chi connectivity index (χ1v) is 7.82. The van der Waals surface area contributed by atoms with E-state index in [1.807, 2.05) is 16.8 Å². The first kappa shape index (κ1) is 13.8. The van der Waals surface area contributed by atoms with Crippen molar-refractivity contribution >= 4 is 29.1 Å². The second kappa shape index (κ2) is 6.06. The second-order valence-electron chi connectivity index (χ2n) is 3.99. The molecule has 0 unspecified atom stereocenters. The number of hydrogen-bond acceptors (Lipinski definition) is 7. The molecule has 8 heteroatoms. The molecule has 0 aromatic carbocycles. The molecule has 0 saturated carbocycles. The Balaban J connectivity index is 1.68. The fourth-order valence-corrected chi connectivity index (χ4v) is 2.98. The number of hydrogen-bond donors (Lipinski definition) is 1. The number of carboxylic acid groups (broad SMARTS) is 1. The van der Waals surface area contributed by atoms with Crippen LogP contribution in [-0.4, -0.2) is 26.2 Å². The summed E-state index contributed by atoms with van der Waals surface area (Å²) in [4.78, 5) is 19.7. The van der Waals surface area contributed by atoms with Crippen LogP contribution in [-0.2, 0) is 5.75 Å². The zero-order chi connectivity index (χ0) is 14.7. The summed E-state index contributed by atoms with van der Waals surface area (Å²) in [5.41, 5.74) is 0.946. The van der Waals surface area contributed by atoms with Gasteiger partial charge in [0, 0.05) is 22.0 Å². The first-order valence-electron chi connectivity index (χ1n) is 5.89. The van der Waals surface area contributed by atoms with Crippen LogP contribution in [0.4, 0.5) is 0 Å². The predicted molar refractivity (Wildman–Crippen MR) is 78.4 cm³/mol. The van der Waals surface area contributed by atoms with Gasteiger partial charge < -0.3 is 9.63 Å². The van der Waals surface area contributed by atoms with E-state index in [1.54, 1.807) is 17.4 Å². The van der Waals surface area contributed by atoms with Crippen molar-refractivity contribution in [3.8, 4) is 11.4 Å². The number of thioether (sulfide) groups is 1. The predicted octanol–water partition coefficient (Wildman–Crippen LogP) is 3.18. The summed E-state index contributed by atoms with van der Waals surface area (Å²) in [5.74, 6) is 0.484. The Morgan fingerprint density at radius 1 is 1.43 bits per heavy atom. The van der Waals surface area contributed by atoms with Gasteiger partial charge in [-0.1, -0.05) is 5.16 Å². The first-order chi connectivity index (χ1) is 10.2. The van der Waals surface area contributed by atoms with Gasteiger partial charge >= 0.3 is 5.97 Å². The molecule has 3 aromatic rings. The van der Waals surface area contributed by atoms with Gasteiger partial charge in [-0.3, -0.25) is 0 Å². The molecule has 0 amide bonds. The van der Waals surface area contributed by atoms with Gasteiger partial charge in [-0.2, -0.15) is 16.3 Å². The van der Waals surface area contributed by atoms with E-state index >= 15 is 0 Å². The summed E-state index contributed by atoms with van der Waals surface area (Å²) in [7, 11) is 0. The molecule has 1 N–H and O–H groups in total. The Labute approximate surface area is 127 Å². The van der Waals surface area contributed by atoms with Gasteiger partial charge in [-0.25, -0.2) is 9.78 Å². The smallest absolute Gasteiger partial charge is 0.354 e. The van der Waals surface area contributed by atoms with Gasteiger partial charge in [0.2, 0.25) is 11.7 Å². The van der Waals surface area contributed by atoms with E-state index in [0.717, 1.165) is 10.5 Å². The number of rotatable bonds is 5. The normalized spacial score (nSPS) is 10.7. The third-order valence-electron chi connectivity index (χ3n) is 2.56. The summed E-state index contributed by atoms with van der Waals surface area (Å²) in [5, 5.41) is 16.7. The van der Waals surface area contributed by atoms with Gasteiger partial charge in [0.15, 0.2) is 0 Å². The number of aromatic nitrogens is 3. The molecule has 6 nitrogen and oxygen atoms in total. The molecular formula is C13H9N3O3S2. The van der Waals surface area contributed by atoms with E-state index in [2.05, 4.69) is 15.1 Å². The maximum atomic E-state index is 10.9. The van der Waals surface area contributed by atoms with Crippen molar-refractivity contribution in [1.29, 1.82) is 0 Å². The molecule has 0 aliphatic carbocycles. The van der Waals surface area contributed by atoms with Crippen molar-refractivity contribution in [2.45, 2.75) is 10.6 Å². The van der Waals surface area contributed by atoms with Gasteiger partial charge in [-0.05, 0) is 23.6 Å². The minimum Gasteiger partial charge on any atom is -0.477 e. The average Bonchev–Trinajstić information content (AvgIpc) is 3.16. The highest BCUT2D eigenvalue weighted by atomic mass is 32.2. The number of nitrogens with zero attached hydrogens (tertiary/aromatic N) is 3. The standard InChI is InChI=1S/C13H9N3O3S2/c17-13(18)10-5-9(1-3-14-10)21-7-11-15-12(16-19-11)8-2-4-20-6-8/h1-6H,7H2,(H,17,18). The molecular weight excluding hydrogens is 310 g/mol. The fourth-order valence-electron chi connectivity index (χ4n) is 1.59. The minimum atomic E-state index is -1.05. The molecule has 3 heterocycles. The molecule has 0 bridgehead atoms. The second-order valence-corrected chi connectivity index (χ2v) is 5.82. The molecule has 3 rings (SSSR count). The third kappa shape index (κ3) is 3.29. The molecule has 0 saturated heterocycles. The fraction of sp³-hybridized carbons (Fsp3) is 0.0769. The van der Waals surface area contributed by atoms with Crippen molar-refractivity contribution in [3.05, 3.63) is 46.7 Å². The molecule has 0 spiro atoms. The van der Waals surface area contributed by atoms with Crippen LogP contribution < -0.4 is 0 Å². The molecule has 21 heavy (non-hydrogen) atoms. The van der Waals surface area contributed by atoms with Gasteiger partial charge in [0.25, 0.3) is 0 Å². The minimum absolute atomic E-state index is 0.0180. The molecule has 0 fully saturated rings. The summed E-state index contributed by atoms with van der Waals surface area (Å²) in [6.07, 6.45) is 1.47. The highest BCUT2D eigenvalue weighted by Gasteiger charge is 2.10. The van der Waals surface area contributed by atoms with Gasteiger partial charge in [-0.15, -0.1) is 11.8 Å². The monoisotopic (exact) mass is 319 g/mol. The molecule has 3 aromatic heterocycles. The molecule has 0 radical (unpaired) electrons. The van der Waals surface area contributed by atoms with Crippen LogP contribution in [0.25, 0.3) is 11.4 Å². The summed E-state index contributed by atoms with van der Waals surface area (Å²) >= 11 is 2.99. The van der Waals surface area contributed by atoms with Crippen molar-refractivity contribution in [1.82, 2.24) is 15.1 Å². The average molecular weight is 319 g/mol. The lowest BCUT2D eigenvalue weighted by atomic mass is 10.3. The SMILES string of the molecule is O=C(O)c1cc(SCc2nc(-c3ccsc3)no2)ccn1. The lowest BCUT2D eigenvalue weighted by molar-refractivity contribution is 0.0690. The van der Waals surface area contributed by atoms with E-state index in [1.165, 1.54) is 24.0 Å². The maximum Gasteiger partial charge on any atom is 0.354 e. The van der Waals surface area contributed by atoms with Crippen LogP contribution in [0.5, 0.6) is 0 Å². The van der Waals surface area contributed by atoms with E-state index < -0.39 is 5.97 Å². The zero-order valence-corrected chi connectivity index (χ0v) is 12.2. The summed E-state index contributed by atoms with van der Waals surface area (Å²) in [6, 6.07) is 5.19. The largest absolute Gasteiger partial charge is 0.477 e. The number of carboxylic acids is 1. The maximum absolute atomic E-state index is 10.9. The lowest BCUT2D eigenvalue weighted by Gasteiger charge is -1.99. The lowest BCUT2D eigenvalue weighted by Crippen LogP contribution is -1.99. The van der Waals surface area contributed by atoms with E-state index in [0.29, 0.717) is 17.5 Å². The Hall–Kier alpha value is -2.19. The number of aromatic carboxylic acids is 1. The summed E-state index contributed by atoms with van der Waals surface area (Å²) < 4.78 is 5.18. The van der Waals surface area contributed by atoms with Crippen LogP contribution in [0.3, 0.4) is 0 Å². The van der Waals surface area contributed by atoms with Crippen molar-refractivity contribution < 1.29 is 14.4 Å². The molecule has 0 atom stereocenters. The van der Waals surface area contributed by atoms with Crippen molar-refractivity contribution in [2.24, 2.45) is 0 Å².